The predicted molar refractivity (Wildman–Crippen MR) is 97.7 cm³/mol. The first kappa shape index (κ1) is 16.9. The van der Waals surface area contributed by atoms with Crippen LogP contribution in [0.1, 0.15) is 21.6 Å². The van der Waals surface area contributed by atoms with Crippen molar-refractivity contribution >= 4 is 16.8 Å². The van der Waals surface area contributed by atoms with E-state index in [0.717, 1.165) is 5.56 Å². The maximum absolute atomic E-state index is 12.4. The molecule has 128 valence electrons. The molecule has 5 heteroatoms. The molecule has 0 aliphatic carbocycles. The number of pyridine rings is 1. The minimum atomic E-state index is -0.302. The first-order valence-electron chi connectivity index (χ1n) is 8.18. The second-order valence-corrected chi connectivity index (χ2v) is 5.79. The number of aromatic amines is 1. The van der Waals surface area contributed by atoms with Crippen LogP contribution in [0.4, 0.5) is 0 Å². The van der Waals surface area contributed by atoms with E-state index in [2.05, 4.69) is 10.3 Å². The van der Waals surface area contributed by atoms with E-state index in [4.69, 9.17) is 4.74 Å². The van der Waals surface area contributed by atoms with Crippen molar-refractivity contribution in [3.63, 3.8) is 0 Å². The summed E-state index contributed by atoms with van der Waals surface area (Å²) in [7, 11) is 0. The van der Waals surface area contributed by atoms with Crippen LogP contribution in [-0.2, 0) is 11.3 Å². The van der Waals surface area contributed by atoms with Crippen molar-refractivity contribution in [2.24, 2.45) is 0 Å². The molecule has 0 radical (unpaired) electrons. The molecule has 2 N–H and O–H groups in total. The number of hydrogen-bond acceptors (Lipinski definition) is 3. The Hall–Kier alpha value is -2.92. The van der Waals surface area contributed by atoms with Crippen molar-refractivity contribution < 1.29 is 9.53 Å². The third-order valence-electron chi connectivity index (χ3n) is 4.02. The first-order valence-corrected chi connectivity index (χ1v) is 8.18. The Morgan fingerprint density at radius 2 is 1.80 bits per heavy atom. The third kappa shape index (κ3) is 3.95. The smallest absolute Gasteiger partial charge is 0.268 e. The summed E-state index contributed by atoms with van der Waals surface area (Å²) in [5.74, 6) is -0.302. The van der Waals surface area contributed by atoms with Crippen molar-refractivity contribution in [2.45, 2.75) is 13.5 Å². The fourth-order valence-corrected chi connectivity index (χ4v) is 2.65. The molecular formula is C20H20N2O3. The quantitative estimate of drug-likeness (QED) is 0.680. The molecule has 1 heterocycles. The number of hydrogen-bond donors (Lipinski definition) is 2. The highest BCUT2D eigenvalue weighted by molar-refractivity contribution is 5.96. The average Bonchev–Trinajstić information content (AvgIpc) is 2.65. The summed E-state index contributed by atoms with van der Waals surface area (Å²) in [6, 6.07) is 17.0. The number of benzene rings is 2. The van der Waals surface area contributed by atoms with Crippen molar-refractivity contribution in [2.75, 3.05) is 13.2 Å². The molecule has 0 aliphatic rings. The summed E-state index contributed by atoms with van der Waals surface area (Å²) in [6.07, 6.45) is 0. The lowest BCUT2D eigenvalue weighted by molar-refractivity contribution is 0.0896. The lowest BCUT2D eigenvalue weighted by Crippen LogP contribution is -2.30. The topological polar surface area (TPSA) is 71.2 Å². The van der Waals surface area contributed by atoms with Crippen molar-refractivity contribution in [1.29, 1.82) is 0 Å². The highest BCUT2D eigenvalue weighted by atomic mass is 16.5. The van der Waals surface area contributed by atoms with Gasteiger partial charge in [-0.1, -0.05) is 42.5 Å². The number of H-pyrrole nitrogens is 1. The number of ether oxygens (including phenoxy) is 1. The van der Waals surface area contributed by atoms with Crippen LogP contribution < -0.4 is 10.7 Å². The number of aromatic nitrogens is 1. The van der Waals surface area contributed by atoms with Gasteiger partial charge in [0.1, 0.15) is 5.69 Å². The predicted octanol–water partition coefficient (Wildman–Crippen LogP) is 2.78. The Kier molecular flexibility index (Phi) is 5.26. The molecule has 3 aromatic rings. The zero-order chi connectivity index (χ0) is 17.6. The Morgan fingerprint density at radius 3 is 2.60 bits per heavy atom. The SMILES string of the molecule is Cc1c(C(=O)NCCOCc2ccccc2)[nH]c2ccccc2c1=O. The number of amides is 1. The molecule has 0 bridgehead atoms. The van der Waals surface area contributed by atoms with Gasteiger partial charge in [0.15, 0.2) is 5.43 Å². The van der Waals surface area contributed by atoms with E-state index in [9.17, 15) is 9.59 Å². The molecular weight excluding hydrogens is 316 g/mol. The van der Waals surface area contributed by atoms with E-state index in [1.54, 1.807) is 25.1 Å². The van der Waals surface area contributed by atoms with Gasteiger partial charge >= 0.3 is 0 Å². The fourth-order valence-electron chi connectivity index (χ4n) is 2.65. The third-order valence-corrected chi connectivity index (χ3v) is 4.02. The van der Waals surface area contributed by atoms with Crippen LogP contribution in [0, 0.1) is 6.92 Å². The van der Waals surface area contributed by atoms with Crippen molar-refractivity contribution in [1.82, 2.24) is 10.3 Å². The number of nitrogens with one attached hydrogen (secondary N) is 2. The normalized spacial score (nSPS) is 10.8. The van der Waals surface area contributed by atoms with Crippen molar-refractivity contribution in [3.8, 4) is 0 Å². The van der Waals surface area contributed by atoms with Gasteiger partial charge in [0.25, 0.3) is 5.91 Å². The highest BCUT2D eigenvalue weighted by Gasteiger charge is 2.14. The molecule has 1 amide bonds. The second kappa shape index (κ2) is 7.77. The van der Waals surface area contributed by atoms with Gasteiger partial charge in [-0.2, -0.15) is 0 Å². The van der Waals surface area contributed by atoms with Crippen LogP contribution in [0.15, 0.2) is 59.4 Å². The maximum Gasteiger partial charge on any atom is 0.268 e. The monoisotopic (exact) mass is 336 g/mol. The maximum atomic E-state index is 12.4. The summed E-state index contributed by atoms with van der Waals surface area (Å²) >= 11 is 0. The molecule has 0 saturated heterocycles. The van der Waals surface area contributed by atoms with E-state index >= 15 is 0 Å². The summed E-state index contributed by atoms with van der Waals surface area (Å²) < 4.78 is 5.54. The first-order chi connectivity index (χ1) is 12.2. The Bertz CT molecular complexity index is 933. The standard InChI is InChI=1S/C20H20N2O3/c1-14-18(22-17-10-6-5-9-16(17)19(14)23)20(24)21-11-12-25-13-15-7-3-2-4-8-15/h2-10H,11-13H2,1H3,(H,21,24)(H,22,23). The average molecular weight is 336 g/mol. The Labute approximate surface area is 145 Å². The zero-order valence-electron chi connectivity index (χ0n) is 14.0. The molecule has 25 heavy (non-hydrogen) atoms. The number of carbonyl (C=O) groups excluding carboxylic acids is 1. The van der Waals surface area contributed by atoms with Crippen LogP contribution in [-0.4, -0.2) is 24.0 Å². The van der Waals surface area contributed by atoms with Gasteiger partial charge in [-0.3, -0.25) is 9.59 Å². The van der Waals surface area contributed by atoms with Crippen LogP contribution in [0.3, 0.4) is 0 Å². The summed E-state index contributed by atoms with van der Waals surface area (Å²) in [4.78, 5) is 27.8. The summed E-state index contributed by atoms with van der Waals surface area (Å²) in [5.41, 5.74) is 2.33. The van der Waals surface area contributed by atoms with E-state index in [1.807, 2.05) is 36.4 Å². The van der Waals surface area contributed by atoms with Gasteiger partial charge in [-0.05, 0) is 24.6 Å². The number of rotatable bonds is 6. The van der Waals surface area contributed by atoms with Crippen LogP contribution in [0.5, 0.6) is 0 Å². The lowest BCUT2D eigenvalue weighted by atomic mass is 10.1. The van der Waals surface area contributed by atoms with Gasteiger partial charge in [0.2, 0.25) is 0 Å². The van der Waals surface area contributed by atoms with Gasteiger partial charge in [-0.25, -0.2) is 0 Å². The van der Waals surface area contributed by atoms with Gasteiger partial charge < -0.3 is 15.0 Å². The van der Waals surface area contributed by atoms with E-state index in [-0.39, 0.29) is 11.3 Å². The Balaban J connectivity index is 1.59. The fraction of sp³-hybridized carbons (Fsp3) is 0.200. The molecule has 0 atom stereocenters. The van der Waals surface area contributed by atoms with Gasteiger partial charge in [0.05, 0.1) is 13.2 Å². The molecule has 2 aromatic carbocycles. The molecule has 5 nitrogen and oxygen atoms in total. The molecule has 3 rings (SSSR count). The van der Waals surface area contributed by atoms with E-state index < -0.39 is 0 Å². The van der Waals surface area contributed by atoms with E-state index in [1.165, 1.54) is 0 Å². The molecule has 1 aromatic heterocycles. The minimum Gasteiger partial charge on any atom is -0.375 e. The van der Waals surface area contributed by atoms with Crippen LogP contribution in [0.25, 0.3) is 10.9 Å². The van der Waals surface area contributed by atoms with Crippen LogP contribution in [0.2, 0.25) is 0 Å². The number of para-hydroxylation sites is 1. The Morgan fingerprint density at radius 1 is 1.08 bits per heavy atom. The molecule has 0 unspecified atom stereocenters. The molecule has 0 spiro atoms. The molecule has 0 saturated carbocycles. The zero-order valence-corrected chi connectivity index (χ0v) is 14.0. The number of carbonyl (C=O) groups is 1. The van der Waals surface area contributed by atoms with Crippen LogP contribution >= 0.6 is 0 Å². The largest absolute Gasteiger partial charge is 0.375 e. The second-order valence-electron chi connectivity index (χ2n) is 5.79. The molecule has 0 aliphatic heterocycles. The van der Waals surface area contributed by atoms with Crippen molar-refractivity contribution in [3.05, 3.63) is 81.6 Å². The van der Waals surface area contributed by atoms with Gasteiger partial charge in [0, 0.05) is 23.0 Å². The van der Waals surface area contributed by atoms with Gasteiger partial charge in [-0.15, -0.1) is 0 Å². The lowest BCUT2D eigenvalue weighted by Gasteiger charge is -2.10. The summed E-state index contributed by atoms with van der Waals surface area (Å²) in [6.45, 7) is 2.94. The molecule has 0 fully saturated rings. The van der Waals surface area contributed by atoms with E-state index in [0.29, 0.717) is 41.9 Å². The number of fused-ring (bicyclic) bond motifs is 1. The minimum absolute atomic E-state index is 0.125. The summed E-state index contributed by atoms with van der Waals surface area (Å²) in [5, 5.41) is 3.37. The highest BCUT2D eigenvalue weighted by Crippen LogP contribution is 2.10.